The van der Waals surface area contributed by atoms with Crippen molar-refractivity contribution in [3.8, 4) is 0 Å². The van der Waals surface area contributed by atoms with Crippen LogP contribution in [0.15, 0.2) is 0 Å². The number of ether oxygens (including phenoxy) is 5. The maximum atomic E-state index is 12.1. The van der Waals surface area contributed by atoms with Crippen molar-refractivity contribution < 1.29 is 43.8 Å². The van der Waals surface area contributed by atoms with E-state index in [0.29, 0.717) is 0 Å². The number of alkyl carbamates (subject to hydrolysis) is 1. The van der Waals surface area contributed by atoms with Gasteiger partial charge in [-0.05, 0) is 20.8 Å². The van der Waals surface area contributed by atoms with Crippen molar-refractivity contribution in [2.75, 3.05) is 34.4 Å². The van der Waals surface area contributed by atoms with Gasteiger partial charge in [-0.15, -0.1) is 0 Å². The molecule has 148 valence electrons. The largest absolute Gasteiger partial charge is 0.444 e. The summed E-state index contributed by atoms with van der Waals surface area (Å²) in [6.45, 7) is 3.83. The van der Waals surface area contributed by atoms with Gasteiger partial charge in [0.2, 0.25) is 0 Å². The van der Waals surface area contributed by atoms with E-state index in [2.05, 4.69) is 5.32 Å². The smallest absolute Gasteiger partial charge is 0.408 e. The summed E-state index contributed by atoms with van der Waals surface area (Å²) in [5.41, 5.74) is -2.87. The first-order chi connectivity index (χ1) is 11.6. The quantitative estimate of drug-likeness (QED) is 0.396. The van der Waals surface area contributed by atoms with Crippen molar-refractivity contribution in [1.82, 2.24) is 5.32 Å². The summed E-state index contributed by atoms with van der Waals surface area (Å²) < 4.78 is 25.7. The molecular formula is C15H29NO9. The van der Waals surface area contributed by atoms with Crippen molar-refractivity contribution >= 4 is 6.09 Å². The van der Waals surface area contributed by atoms with E-state index in [1.54, 1.807) is 20.8 Å². The summed E-state index contributed by atoms with van der Waals surface area (Å²) in [7, 11) is 2.78. The predicted molar refractivity (Wildman–Crippen MR) is 84.7 cm³/mol. The number of nitrogens with one attached hydrogen (secondary N) is 1. The zero-order valence-corrected chi connectivity index (χ0v) is 15.2. The fraction of sp³-hybridized carbons (Fsp3) is 0.933. The molecule has 1 saturated carbocycles. The third-order valence-corrected chi connectivity index (χ3v) is 3.70. The van der Waals surface area contributed by atoms with Crippen molar-refractivity contribution in [3.05, 3.63) is 0 Å². The SMILES string of the molecule is COCO[C@H]1[C@@H](NC(=O)OC(C)(C)C)[C@@](O)(CO)C(O)[C@@H]1OCOC. The molecule has 0 saturated heterocycles. The highest BCUT2D eigenvalue weighted by Crippen LogP contribution is 2.35. The van der Waals surface area contributed by atoms with E-state index in [-0.39, 0.29) is 13.6 Å². The number of carbonyl (C=O) groups excluding carboxylic acids is 1. The Labute approximate surface area is 147 Å². The molecule has 0 bridgehead atoms. The molecule has 25 heavy (non-hydrogen) atoms. The van der Waals surface area contributed by atoms with Crippen molar-refractivity contribution in [3.63, 3.8) is 0 Å². The first kappa shape index (κ1) is 22.0. The second-order valence-corrected chi connectivity index (χ2v) is 6.79. The van der Waals surface area contributed by atoms with Crippen LogP contribution in [0.5, 0.6) is 0 Å². The topological polar surface area (TPSA) is 136 Å². The van der Waals surface area contributed by atoms with Crippen LogP contribution in [0.2, 0.25) is 0 Å². The minimum atomic E-state index is -2.10. The molecule has 1 fully saturated rings. The fourth-order valence-corrected chi connectivity index (χ4v) is 2.63. The van der Waals surface area contributed by atoms with Crippen LogP contribution in [0.1, 0.15) is 20.8 Å². The second-order valence-electron chi connectivity index (χ2n) is 6.79. The Balaban J connectivity index is 3.05. The highest BCUT2D eigenvalue weighted by atomic mass is 16.7. The molecule has 10 nitrogen and oxygen atoms in total. The number of hydrogen-bond acceptors (Lipinski definition) is 9. The van der Waals surface area contributed by atoms with Crippen LogP contribution in [0, 0.1) is 0 Å². The average molecular weight is 367 g/mol. The monoisotopic (exact) mass is 367 g/mol. The maximum absolute atomic E-state index is 12.1. The van der Waals surface area contributed by atoms with Gasteiger partial charge in [0, 0.05) is 14.2 Å². The van der Waals surface area contributed by atoms with Crippen LogP contribution in [0.3, 0.4) is 0 Å². The summed E-state index contributed by atoms with van der Waals surface area (Å²) in [5, 5.41) is 33.2. The number of hydrogen-bond donors (Lipinski definition) is 4. The van der Waals surface area contributed by atoms with Gasteiger partial charge in [-0.3, -0.25) is 0 Å². The third-order valence-electron chi connectivity index (χ3n) is 3.70. The highest BCUT2D eigenvalue weighted by Gasteiger charge is 2.61. The molecule has 0 spiro atoms. The normalized spacial score (nSPS) is 32.6. The summed E-state index contributed by atoms with van der Waals surface area (Å²) >= 11 is 0. The van der Waals surface area contributed by atoms with Crippen LogP contribution < -0.4 is 5.32 Å². The second kappa shape index (κ2) is 9.08. The zero-order valence-electron chi connectivity index (χ0n) is 15.2. The molecule has 10 heteroatoms. The summed E-state index contributed by atoms with van der Waals surface area (Å²) in [6, 6.07) is -1.21. The first-order valence-electron chi connectivity index (χ1n) is 7.82. The molecule has 0 aromatic heterocycles. The van der Waals surface area contributed by atoms with Crippen LogP contribution in [0.25, 0.3) is 0 Å². The average Bonchev–Trinajstić information content (AvgIpc) is 2.71. The van der Waals surface area contributed by atoms with Crippen LogP contribution >= 0.6 is 0 Å². The highest BCUT2D eigenvalue weighted by molar-refractivity contribution is 5.68. The van der Waals surface area contributed by atoms with Gasteiger partial charge in [-0.25, -0.2) is 4.79 Å². The van der Waals surface area contributed by atoms with Gasteiger partial charge in [-0.1, -0.05) is 0 Å². The Morgan fingerprint density at radius 3 is 2.08 bits per heavy atom. The Bertz CT molecular complexity index is 428. The standard InChI is InChI=1S/C15H29NO9/c1-14(2,3)25-13(19)16-11-9(23-7-21-4)10(24-8-22-5)12(18)15(11,20)6-17/h9-12,17-18,20H,6-8H2,1-5H3,(H,16,19)/t9-,10-,11-,12?,15+/m1/s1. The number of methoxy groups -OCH3 is 2. The number of carbonyl (C=O) groups is 1. The van der Waals surface area contributed by atoms with E-state index in [0.717, 1.165) is 0 Å². The van der Waals surface area contributed by atoms with Crippen molar-refractivity contribution in [2.24, 2.45) is 0 Å². The van der Waals surface area contributed by atoms with Gasteiger partial charge < -0.3 is 44.3 Å². The minimum absolute atomic E-state index is 0.182. The van der Waals surface area contributed by atoms with Crippen molar-refractivity contribution in [1.29, 1.82) is 0 Å². The van der Waals surface area contributed by atoms with Crippen LogP contribution in [-0.4, -0.2) is 91.4 Å². The molecule has 1 amide bonds. The number of rotatable bonds is 8. The molecule has 0 heterocycles. The number of amides is 1. The van der Waals surface area contributed by atoms with Crippen molar-refractivity contribution in [2.45, 2.75) is 56.3 Å². The predicted octanol–water partition coefficient (Wildman–Crippen LogP) is -1.04. The van der Waals surface area contributed by atoms with E-state index < -0.39 is 48.3 Å². The van der Waals surface area contributed by atoms with E-state index in [1.807, 2.05) is 0 Å². The lowest BCUT2D eigenvalue weighted by Gasteiger charge is -2.33. The molecule has 0 aromatic rings. The molecule has 0 aromatic carbocycles. The van der Waals surface area contributed by atoms with Gasteiger partial charge in [0.15, 0.2) is 0 Å². The van der Waals surface area contributed by atoms with E-state index >= 15 is 0 Å². The number of aliphatic hydroxyl groups is 3. The summed E-state index contributed by atoms with van der Waals surface area (Å²) in [5.74, 6) is 0. The van der Waals surface area contributed by atoms with Gasteiger partial charge >= 0.3 is 6.09 Å². The van der Waals surface area contributed by atoms with Gasteiger partial charge in [0.05, 0.1) is 12.6 Å². The lowest BCUT2D eigenvalue weighted by molar-refractivity contribution is -0.174. The van der Waals surface area contributed by atoms with E-state index in [1.165, 1.54) is 14.2 Å². The Morgan fingerprint density at radius 1 is 1.12 bits per heavy atom. The Hall–Kier alpha value is -1.01. The van der Waals surface area contributed by atoms with Crippen LogP contribution in [0.4, 0.5) is 4.79 Å². The lowest BCUT2D eigenvalue weighted by Crippen LogP contribution is -2.60. The van der Waals surface area contributed by atoms with Gasteiger partial charge in [-0.2, -0.15) is 0 Å². The first-order valence-corrected chi connectivity index (χ1v) is 7.82. The molecule has 1 rings (SSSR count). The number of aliphatic hydroxyl groups excluding tert-OH is 2. The zero-order chi connectivity index (χ0) is 19.3. The summed E-state index contributed by atoms with van der Waals surface area (Å²) in [4.78, 5) is 12.1. The molecule has 1 unspecified atom stereocenters. The Morgan fingerprint density at radius 2 is 1.64 bits per heavy atom. The van der Waals surface area contributed by atoms with Crippen LogP contribution in [-0.2, 0) is 23.7 Å². The molecule has 4 N–H and O–H groups in total. The van der Waals surface area contributed by atoms with Gasteiger partial charge in [0.1, 0.15) is 43.1 Å². The molecular weight excluding hydrogens is 338 g/mol. The van der Waals surface area contributed by atoms with Gasteiger partial charge in [0.25, 0.3) is 0 Å². The lowest BCUT2D eigenvalue weighted by atomic mass is 9.96. The summed E-state index contributed by atoms with van der Waals surface area (Å²) in [6.07, 6.45) is -4.48. The molecule has 0 radical (unpaired) electrons. The third kappa shape index (κ3) is 5.48. The van der Waals surface area contributed by atoms with E-state index in [4.69, 9.17) is 23.7 Å². The molecule has 0 aliphatic heterocycles. The minimum Gasteiger partial charge on any atom is -0.444 e. The molecule has 5 atom stereocenters. The molecule has 1 aliphatic carbocycles. The molecule has 1 aliphatic rings. The Kier molecular flexibility index (Phi) is 8.00. The maximum Gasteiger partial charge on any atom is 0.408 e. The fourth-order valence-electron chi connectivity index (χ4n) is 2.63. The van der Waals surface area contributed by atoms with E-state index in [9.17, 15) is 20.1 Å².